The van der Waals surface area contributed by atoms with Crippen LogP contribution in [-0.4, -0.2) is 15.0 Å². The lowest BCUT2D eigenvalue weighted by atomic mass is 9.69. The Morgan fingerprint density at radius 2 is 0.980 bits per heavy atom. The topological polar surface area (TPSA) is 38.7 Å². The van der Waals surface area contributed by atoms with Crippen LogP contribution in [-0.2, 0) is 11.8 Å². The number of rotatable bonds is 5. The van der Waals surface area contributed by atoms with E-state index in [0.717, 1.165) is 45.0 Å². The predicted molar refractivity (Wildman–Crippen MR) is 207 cm³/mol. The summed E-state index contributed by atoms with van der Waals surface area (Å²) in [5, 5.41) is 2.25. The van der Waals surface area contributed by atoms with Crippen LogP contribution in [0, 0.1) is 0 Å². The van der Waals surface area contributed by atoms with Crippen molar-refractivity contribution < 1.29 is 0 Å². The average Bonchev–Trinajstić information content (AvgIpc) is 3.18. The van der Waals surface area contributed by atoms with Crippen molar-refractivity contribution in [3.8, 4) is 67.5 Å². The van der Waals surface area contributed by atoms with E-state index in [2.05, 4.69) is 141 Å². The molecule has 0 saturated heterocycles. The van der Waals surface area contributed by atoms with Crippen molar-refractivity contribution in [2.75, 3.05) is 0 Å². The minimum atomic E-state index is 0.0569. The molecular weight excluding hydrogens is 607 g/mol. The van der Waals surface area contributed by atoms with Gasteiger partial charge in [-0.25, -0.2) is 15.0 Å². The van der Waals surface area contributed by atoms with Crippen molar-refractivity contribution in [3.05, 3.63) is 175 Å². The molecule has 7 aromatic carbocycles. The van der Waals surface area contributed by atoms with Crippen LogP contribution < -0.4 is 0 Å². The summed E-state index contributed by atoms with van der Waals surface area (Å²) < 4.78 is 0. The average molecular weight is 642 g/mol. The quantitative estimate of drug-likeness (QED) is 0.188. The maximum Gasteiger partial charge on any atom is 0.165 e. The van der Waals surface area contributed by atoms with Crippen LogP contribution in [0.3, 0.4) is 0 Å². The number of benzene rings is 7. The van der Waals surface area contributed by atoms with Gasteiger partial charge in [-0.1, -0.05) is 172 Å². The number of hydrogen-bond acceptors (Lipinski definition) is 3. The Balaban J connectivity index is 1.18. The Hall–Kier alpha value is -6.19. The van der Waals surface area contributed by atoms with Crippen molar-refractivity contribution in [1.29, 1.82) is 0 Å². The summed E-state index contributed by atoms with van der Waals surface area (Å²) >= 11 is 0. The molecule has 0 amide bonds. The van der Waals surface area contributed by atoms with Crippen molar-refractivity contribution in [1.82, 2.24) is 15.0 Å². The van der Waals surface area contributed by atoms with Crippen LogP contribution in [0.2, 0.25) is 0 Å². The monoisotopic (exact) mass is 641 g/mol. The smallest absolute Gasteiger partial charge is 0.165 e. The van der Waals surface area contributed by atoms with Gasteiger partial charge in [0.15, 0.2) is 17.5 Å². The predicted octanol–water partition coefficient (Wildman–Crippen LogP) is 11.9. The van der Waals surface area contributed by atoms with Gasteiger partial charge in [-0.15, -0.1) is 0 Å². The van der Waals surface area contributed by atoms with Gasteiger partial charge in [0.05, 0.1) is 0 Å². The van der Waals surface area contributed by atoms with Gasteiger partial charge in [0, 0.05) is 16.7 Å². The van der Waals surface area contributed by atoms with E-state index in [0.29, 0.717) is 17.5 Å². The molecular formula is C47H35N3. The third-order valence-electron chi connectivity index (χ3n) is 10.1. The Morgan fingerprint density at radius 3 is 1.70 bits per heavy atom. The zero-order chi connectivity index (χ0) is 33.7. The fraction of sp³-hybridized carbons (Fsp3) is 0.0851. The Labute approximate surface area is 293 Å². The van der Waals surface area contributed by atoms with Gasteiger partial charge < -0.3 is 0 Å². The van der Waals surface area contributed by atoms with Crippen molar-refractivity contribution in [2.45, 2.75) is 25.7 Å². The van der Waals surface area contributed by atoms with Crippen LogP contribution in [0.15, 0.2) is 164 Å². The summed E-state index contributed by atoms with van der Waals surface area (Å²) in [4.78, 5) is 15.3. The molecule has 0 atom stereocenters. The van der Waals surface area contributed by atoms with Gasteiger partial charge in [-0.05, 0) is 73.2 Å². The molecule has 0 radical (unpaired) electrons. The van der Waals surface area contributed by atoms with Gasteiger partial charge in [-0.3, -0.25) is 0 Å². The zero-order valence-corrected chi connectivity index (χ0v) is 28.1. The number of fused-ring (bicyclic) bond motifs is 4. The van der Waals surface area contributed by atoms with Gasteiger partial charge in [0.2, 0.25) is 0 Å². The van der Waals surface area contributed by atoms with Gasteiger partial charge in [0.25, 0.3) is 0 Å². The highest BCUT2D eigenvalue weighted by Crippen LogP contribution is 2.45. The highest BCUT2D eigenvalue weighted by atomic mass is 15.0. The second-order valence-electron chi connectivity index (χ2n) is 13.8. The van der Waals surface area contributed by atoms with Crippen LogP contribution in [0.4, 0.5) is 0 Å². The van der Waals surface area contributed by atoms with Gasteiger partial charge >= 0.3 is 0 Å². The molecule has 0 aliphatic heterocycles. The lowest BCUT2D eigenvalue weighted by molar-refractivity contribution is 0.517. The lowest BCUT2D eigenvalue weighted by Crippen LogP contribution is -2.25. The van der Waals surface area contributed by atoms with E-state index in [-0.39, 0.29) is 5.41 Å². The first kappa shape index (κ1) is 29.9. The first-order valence-corrected chi connectivity index (χ1v) is 17.2. The third-order valence-corrected chi connectivity index (χ3v) is 10.1. The molecule has 8 aromatic rings. The van der Waals surface area contributed by atoms with E-state index in [9.17, 15) is 0 Å². The van der Waals surface area contributed by atoms with Crippen LogP contribution in [0.1, 0.15) is 25.0 Å². The maximum atomic E-state index is 5.15. The van der Waals surface area contributed by atoms with E-state index >= 15 is 0 Å². The molecule has 1 aromatic heterocycles. The molecule has 9 rings (SSSR count). The van der Waals surface area contributed by atoms with Crippen molar-refractivity contribution >= 4 is 10.8 Å². The number of aromatic nitrogens is 3. The first-order chi connectivity index (χ1) is 24.5. The molecule has 0 unspecified atom stereocenters. The standard InChI is InChI=1S/C47H35N3/c1-47(2)30-37-18-10-11-19-38(37)41-28-26-36(29-42(41)47)31-21-23-33(24-22-31)40-27-25-32-13-9-12-20-39(32)43(40)46-49-44(34-14-5-3-6-15-34)48-45(50-46)35-16-7-4-8-17-35/h3-29H,30H2,1-2H3. The molecule has 0 bridgehead atoms. The zero-order valence-electron chi connectivity index (χ0n) is 28.1. The summed E-state index contributed by atoms with van der Waals surface area (Å²) in [6.07, 6.45) is 1.04. The largest absolute Gasteiger partial charge is 0.208 e. The fourth-order valence-electron chi connectivity index (χ4n) is 7.54. The molecule has 3 heteroatoms. The first-order valence-electron chi connectivity index (χ1n) is 17.2. The van der Waals surface area contributed by atoms with E-state index in [1.54, 1.807) is 0 Å². The minimum absolute atomic E-state index is 0.0569. The molecule has 0 N–H and O–H groups in total. The number of hydrogen-bond donors (Lipinski definition) is 0. The SMILES string of the molecule is CC1(C)Cc2ccccc2-c2ccc(-c3ccc(-c4ccc5ccccc5c4-c4nc(-c5ccccc5)nc(-c5ccccc5)n4)cc3)cc21. The summed E-state index contributed by atoms with van der Waals surface area (Å²) in [6.45, 7) is 4.73. The molecule has 0 fully saturated rings. The Morgan fingerprint density at radius 1 is 0.420 bits per heavy atom. The maximum absolute atomic E-state index is 5.15. The minimum Gasteiger partial charge on any atom is -0.208 e. The van der Waals surface area contributed by atoms with E-state index in [1.165, 1.54) is 33.4 Å². The van der Waals surface area contributed by atoms with Crippen LogP contribution in [0.25, 0.3) is 78.3 Å². The third kappa shape index (κ3) is 5.28. The summed E-state index contributed by atoms with van der Waals surface area (Å²) in [5.74, 6) is 1.97. The highest BCUT2D eigenvalue weighted by molar-refractivity contribution is 6.03. The second kappa shape index (κ2) is 12.0. The summed E-state index contributed by atoms with van der Waals surface area (Å²) in [5.41, 5.74) is 13.1. The Bertz CT molecular complexity index is 2460. The lowest BCUT2D eigenvalue weighted by Gasteiger charge is -2.34. The van der Waals surface area contributed by atoms with Gasteiger partial charge in [0.1, 0.15) is 0 Å². The van der Waals surface area contributed by atoms with Crippen LogP contribution in [0.5, 0.6) is 0 Å². The molecule has 0 saturated carbocycles. The Kier molecular flexibility index (Phi) is 7.21. The molecule has 3 nitrogen and oxygen atoms in total. The van der Waals surface area contributed by atoms with Crippen LogP contribution >= 0.6 is 0 Å². The van der Waals surface area contributed by atoms with Crippen molar-refractivity contribution in [3.63, 3.8) is 0 Å². The molecule has 1 heterocycles. The van der Waals surface area contributed by atoms with E-state index < -0.39 is 0 Å². The number of nitrogens with zero attached hydrogens (tertiary/aromatic N) is 3. The van der Waals surface area contributed by atoms with Gasteiger partial charge in [-0.2, -0.15) is 0 Å². The summed E-state index contributed by atoms with van der Waals surface area (Å²) in [6, 6.07) is 58.0. The van der Waals surface area contributed by atoms with Crippen molar-refractivity contribution in [2.24, 2.45) is 0 Å². The van der Waals surface area contributed by atoms with E-state index in [4.69, 9.17) is 15.0 Å². The fourth-order valence-corrected chi connectivity index (χ4v) is 7.54. The second-order valence-corrected chi connectivity index (χ2v) is 13.8. The van der Waals surface area contributed by atoms with E-state index in [1.807, 2.05) is 36.4 Å². The molecule has 1 aliphatic carbocycles. The normalized spacial score (nSPS) is 13.1. The molecule has 0 spiro atoms. The molecule has 50 heavy (non-hydrogen) atoms. The molecule has 1 aliphatic rings. The molecule has 238 valence electrons. The highest BCUT2D eigenvalue weighted by Gasteiger charge is 2.31. The summed E-state index contributed by atoms with van der Waals surface area (Å²) in [7, 11) is 0.